The van der Waals surface area contributed by atoms with Gasteiger partial charge in [-0.3, -0.25) is 9.67 Å². The Balaban J connectivity index is 1.95. The maximum atomic E-state index is 10.4. The molecule has 1 aliphatic carbocycles. The number of aromatic nitrogens is 3. The van der Waals surface area contributed by atoms with Crippen LogP contribution in [-0.4, -0.2) is 25.0 Å². The Hall–Kier alpha value is -2.43. The maximum Gasteiger partial charge on any atom is 0.202 e. The molecule has 0 fully saturated rings. The molecule has 1 aromatic carbocycles. The van der Waals surface area contributed by atoms with E-state index in [0.29, 0.717) is 0 Å². The molecule has 0 radical (unpaired) electrons. The van der Waals surface area contributed by atoms with Crippen LogP contribution in [0.2, 0.25) is 0 Å². The molecule has 102 valence electrons. The third-order valence-electron chi connectivity index (χ3n) is 4.11. The number of aromatic amines is 1. The van der Waals surface area contributed by atoms with Crippen molar-refractivity contribution in [1.82, 2.24) is 14.8 Å². The zero-order valence-electron chi connectivity index (χ0n) is 10.9. The molecule has 3 aromatic rings. The summed E-state index contributed by atoms with van der Waals surface area (Å²) in [6.45, 7) is 0. The molecule has 5 nitrogen and oxygen atoms in total. The lowest BCUT2D eigenvalue weighted by molar-refractivity contribution is 0.399. The number of aromatic hydroxyl groups is 2. The minimum Gasteiger partial charge on any atom is -0.494 e. The molecule has 0 saturated heterocycles. The van der Waals surface area contributed by atoms with E-state index >= 15 is 0 Å². The van der Waals surface area contributed by atoms with E-state index in [0.717, 1.165) is 53.4 Å². The van der Waals surface area contributed by atoms with Crippen LogP contribution in [-0.2, 0) is 12.8 Å². The van der Waals surface area contributed by atoms with Crippen LogP contribution in [0.1, 0.15) is 24.0 Å². The van der Waals surface area contributed by atoms with Gasteiger partial charge >= 0.3 is 0 Å². The van der Waals surface area contributed by atoms with Gasteiger partial charge in [0.2, 0.25) is 11.8 Å². The van der Waals surface area contributed by atoms with Gasteiger partial charge in [0.25, 0.3) is 0 Å². The summed E-state index contributed by atoms with van der Waals surface area (Å²) in [5, 5.41) is 28.7. The number of hydrogen-bond acceptors (Lipinski definition) is 3. The van der Waals surface area contributed by atoms with Gasteiger partial charge in [0.05, 0.1) is 17.4 Å². The molecular formula is C15H15N3O2. The predicted octanol–water partition coefficient (Wildman–Crippen LogP) is 2.64. The molecule has 5 heteroatoms. The zero-order valence-corrected chi connectivity index (χ0v) is 10.9. The summed E-state index contributed by atoms with van der Waals surface area (Å²) >= 11 is 0. The van der Waals surface area contributed by atoms with Crippen molar-refractivity contribution in [2.75, 3.05) is 0 Å². The molecule has 0 spiro atoms. The highest BCUT2D eigenvalue weighted by molar-refractivity contribution is 5.80. The van der Waals surface area contributed by atoms with Crippen LogP contribution in [0, 0.1) is 0 Å². The number of hydrogen-bond donors (Lipinski definition) is 3. The number of benzene rings is 1. The zero-order chi connectivity index (χ0) is 13.7. The fourth-order valence-corrected chi connectivity index (χ4v) is 3.08. The molecule has 2 aromatic heterocycles. The Morgan fingerprint density at radius 3 is 2.45 bits per heavy atom. The molecule has 1 aliphatic rings. The Bertz CT molecular complexity index is 771. The standard InChI is InChI=1S/C15H15N3O2/c19-14-11-3-1-2-4-12(11)15(20)18(14)10-5-6-13-9(7-10)8-16-17-13/h5-8,19-20H,1-4H2,(H,16,17). The van der Waals surface area contributed by atoms with E-state index in [4.69, 9.17) is 0 Å². The topological polar surface area (TPSA) is 74.1 Å². The molecule has 0 saturated carbocycles. The van der Waals surface area contributed by atoms with E-state index in [1.807, 2.05) is 18.2 Å². The summed E-state index contributed by atoms with van der Waals surface area (Å²) in [7, 11) is 0. The van der Waals surface area contributed by atoms with Crippen molar-refractivity contribution in [3.8, 4) is 17.4 Å². The second-order valence-electron chi connectivity index (χ2n) is 5.29. The van der Waals surface area contributed by atoms with Crippen molar-refractivity contribution < 1.29 is 10.2 Å². The molecule has 0 unspecified atom stereocenters. The van der Waals surface area contributed by atoms with Crippen LogP contribution in [0.25, 0.3) is 16.6 Å². The highest BCUT2D eigenvalue weighted by Crippen LogP contribution is 2.40. The van der Waals surface area contributed by atoms with Crippen LogP contribution in [0.5, 0.6) is 11.8 Å². The van der Waals surface area contributed by atoms with Gasteiger partial charge in [-0.1, -0.05) is 0 Å². The fourth-order valence-electron chi connectivity index (χ4n) is 3.08. The lowest BCUT2D eigenvalue weighted by atomic mass is 9.95. The molecule has 0 amide bonds. The average molecular weight is 269 g/mol. The normalized spacial score (nSPS) is 14.6. The van der Waals surface area contributed by atoms with Gasteiger partial charge in [0.1, 0.15) is 0 Å². The number of H-pyrrole nitrogens is 1. The maximum absolute atomic E-state index is 10.4. The monoisotopic (exact) mass is 269 g/mol. The SMILES string of the molecule is Oc1c2c(c(O)n1-c1ccc3[nH]ncc3c1)CCCC2. The number of nitrogens with zero attached hydrogens (tertiary/aromatic N) is 2. The van der Waals surface area contributed by atoms with E-state index in [1.54, 1.807) is 6.20 Å². The van der Waals surface area contributed by atoms with Gasteiger partial charge in [-0.15, -0.1) is 0 Å². The molecule has 20 heavy (non-hydrogen) atoms. The molecule has 0 aliphatic heterocycles. The molecule has 0 atom stereocenters. The second kappa shape index (κ2) is 4.03. The molecule has 4 rings (SSSR count). The van der Waals surface area contributed by atoms with Crippen molar-refractivity contribution in [3.63, 3.8) is 0 Å². The van der Waals surface area contributed by atoms with Crippen molar-refractivity contribution in [2.24, 2.45) is 0 Å². The van der Waals surface area contributed by atoms with Gasteiger partial charge in [0, 0.05) is 16.5 Å². The minimum atomic E-state index is 0.167. The van der Waals surface area contributed by atoms with Gasteiger partial charge in [0.15, 0.2) is 0 Å². The van der Waals surface area contributed by atoms with Gasteiger partial charge in [-0.2, -0.15) is 5.10 Å². The van der Waals surface area contributed by atoms with E-state index < -0.39 is 0 Å². The van der Waals surface area contributed by atoms with Crippen LogP contribution in [0.3, 0.4) is 0 Å². The summed E-state index contributed by atoms with van der Waals surface area (Å²) in [5.41, 5.74) is 3.47. The van der Waals surface area contributed by atoms with Crippen LogP contribution >= 0.6 is 0 Å². The largest absolute Gasteiger partial charge is 0.494 e. The number of rotatable bonds is 1. The van der Waals surface area contributed by atoms with E-state index in [9.17, 15) is 10.2 Å². The first-order valence-electron chi connectivity index (χ1n) is 6.83. The second-order valence-corrected chi connectivity index (χ2v) is 5.29. The third-order valence-corrected chi connectivity index (χ3v) is 4.11. The van der Waals surface area contributed by atoms with E-state index in [2.05, 4.69) is 10.2 Å². The Morgan fingerprint density at radius 1 is 1.05 bits per heavy atom. The lowest BCUT2D eigenvalue weighted by Crippen LogP contribution is -1.98. The Morgan fingerprint density at radius 2 is 1.75 bits per heavy atom. The summed E-state index contributed by atoms with van der Waals surface area (Å²) in [5.74, 6) is 0.333. The summed E-state index contributed by atoms with van der Waals surface area (Å²) < 4.78 is 1.53. The molecular weight excluding hydrogens is 254 g/mol. The lowest BCUT2D eigenvalue weighted by Gasteiger charge is -2.09. The van der Waals surface area contributed by atoms with Crippen LogP contribution < -0.4 is 0 Å². The molecule has 0 bridgehead atoms. The Kier molecular flexibility index (Phi) is 2.30. The van der Waals surface area contributed by atoms with Crippen molar-refractivity contribution in [3.05, 3.63) is 35.5 Å². The molecule has 3 N–H and O–H groups in total. The Labute approximate surface area is 115 Å². The summed E-state index contributed by atoms with van der Waals surface area (Å²) in [6, 6.07) is 5.67. The quantitative estimate of drug-likeness (QED) is 0.635. The highest BCUT2D eigenvalue weighted by Gasteiger charge is 2.25. The van der Waals surface area contributed by atoms with Gasteiger partial charge < -0.3 is 10.2 Å². The van der Waals surface area contributed by atoms with Gasteiger partial charge in [-0.05, 0) is 43.9 Å². The minimum absolute atomic E-state index is 0.167. The first-order valence-corrected chi connectivity index (χ1v) is 6.83. The summed E-state index contributed by atoms with van der Waals surface area (Å²) in [6.07, 6.45) is 5.51. The van der Waals surface area contributed by atoms with Crippen molar-refractivity contribution in [2.45, 2.75) is 25.7 Å². The predicted molar refractivity (Wildman–Crippen MR) is 75.4 cm³/mol. The summed E-state index contributed by atoms with van der Waals surface area (Å²) in [4.78, 5) is 0. The fraction of sp³-hybridized carbons (Fsp3) is 0.267. The van der Waals surface area contributed by atoms with Crippen LogP contribution in [0.4, 0.5) is 0 Å². The average Bonchev–Trinajstić information content (AvgIpc) is 3.03. The van der Waals surface area contributed by atoms with Crippen molar-refractivity contribution >= 4 is 10.9 Å². The van der Waals surface area contributed by atoms with E-state index in [-0.39, 0.29) is 11.8 Å². The number of nitrogens with one attached hydrogen (secondary N) is 1. The third kappa shape index (κ3) is 1.46. The van der Waals surface area contributed by atoms with Crippen molar-refractivity contribution in [1.29, 1.82) is 0 Å². The first-order chi connectivity index (χ1) is 9.75. The van der Waals surface area contributed by atoms with Gasteiger partial charge in [-0.25, -0.2) is 0 Å². The smallest absolute Gasteiger partial charge is 0.202 e. The molecule has 2 heterocycles. The van der Waals surface area contributed by atoms with E-state index in [1.165, 1.54) is 4.57 Å². The first kappa shape index (κ1) is 11.4. The van der Waals surface area contributed by atoms with Crippen LogP contribution in [0.15, 0.2) is 24.4 Å². The number of fused-ring (bicyclic) bond motifs is 2. The highest BCUT2D eigenvalue weighted by atomic mass is 16.3.